The Hall–Kier alpha value is -1.42. The van der Waals surface area contributed by atoms with Crippen molar-refractivity contribution in [3.63, 3.8) is 0 Å². The van der Waals surface area contributed by atoms with Gasteiger partial charge in [-0.3, -0.25) is 0 Å². The fraction of sp³-hybridized carbons (Fsp3) is 0.200. The number of rotatable bonds is 3. The number of anilines is 1. The highest BCUT2D eigenvalue weighted by Gasteiger charge is 2.14. The fourth-order valence-corrected chi connectivity index (χ4v) is 2.33. The topological polar surface area (TPSA) is 12.0 Å². The molecule has 0 amide bonds. The first-order valence-electron chi connectivity index (χ1n) is 5.95. The largest absolute Gasteiger partial charge is 0.376 e. The van der Waals surface area contributed by atoms with Gasteiger partial charge in [-0.25, -0.2) is 8.78 Å². The van der Waals surface area contributed by atoms with Gasteiger partial charge in [0, 0.05) is 10.0 Å². The van der Waals surface area contributed by atoms with Gasteiger partial charge in [0.1, 0.15) is 11.6 Å². The van der Waals surface area contributed by atoms with Crippen LogP contribution in [0.3, 0.4) is 0 Å². The maximum atomic E-state index is 13.8. The highest BCUT2D eigenvalue weighted by Crippen LogP contribution is 2.27. The van der Waals surface area contributed by atoms with E-state index in [1.165, 1.54) is 12.1 Å². The van der Waals surface area contributed by atoms with Gasteiger partial charge in [-0.15, -0.1) is 0 Å². The summed E-state index contributed by atoms with van der Waals surface area (Å²) in [5.74, 6) is -0.639. The second kappa shape index (κ2) is 5.70. The van der Waals surface area contributed by atoms with E-state index < -0.39 is 0 Å². The van der Waals surface area contributed by atoms with Crippen LogP contribution in [-0.2, 0) is 0 Å². The summed E-state index contributed by atoms with van der Waals surface area (Å²) < 4.78 is 28.3. The summed E-state index contributed by atoms with van der Waals surface area (Å²) in [5.41, 5.74) is 1.70. The van der Waals surface area contributed by atoms with E-state index in [0.29, 0.717) is 11.3 Å². The zero-order valence-electron chi connectivity index (χ0n) is 10.7. The van der Waals surface area contributed by atoms with Crippen LogP contribution in [0.2, 0.25) is 0 Å². The van der Waals surface area contributed by atoms with Crippen LogP contribution in [0.25, 0.3) is 0 Å². The third kappa shape index (κ3) is 3.13. The molecule has 1 N–H and O–H groups in total. The van der Waals surface area contributed by atoms with Crippen molar-refractivity contribution in [1.29, 1.82) is 0 Å². The average molecular weight is 326 g/mol. The molecule has 0 aliphatic carbocycles. The van der Waals surface area contributed by atoms with Crippen LogP contribution in [0.4, 0.5) is 14.5 Å². The quantitative estimate of drug-likeness (QED) is 0.816. The summed E-state index contributed by atoms with van der Waals surface area (Å²) in [7, 11) is 0. The van der Waals surface area contributed by atoms with Gasteiger partial charge in [-0.1, -0.05) is 28.1 Å². The van der Waals surface area contributed by atoms with E-state index in [0.717, 1.165) is 10.0 Å². The molecule has 0 radical (unpaired) electrons. The molecule has 4 heteroatoms. The lowest BCUT2D eigenvalue weighted by molar-refractivity contribution is 0.595. The zero-order valence-corrected chi connectivity index (χ0v) is 12.3. The molecule has 19 heavy (non-hydrogen) atoms. The Balaban J connectivity index is 2.31. The third-order valence-electron chi connectivity index (χ3n) is 3.01. The van der Waals surface area contributed by atoms with Crippen molar-refractivity contribution in [3.05, 3.63) is 63.6 Å². The first-order chi connectivity index (χ1) is 8.99. The normalized spacial score (nSPS) is 12.3. The minimum Gasteiger partial charge on any atom is -0.376 e. The van der Waals surface area contributed by atoms with E-state index in [1.807, 2.05) is 13.0 Å². The van der Waals surface area contributed by atoms with Gasteiger partial charge in [-0.2, -0.15) is 0 Å². The second-order valence-electron chi connectivity index (χ2n) is 4.46. The van der Waals surface area contributed by atoms with Gasteiger partial charge in [0.2, 0.25) is 0 Å². The van der Waals surface area contributed by atoms with Crippen molar-refractivity contribution < 1.29 is 8.78 Å². The number of hydrogen-bond acceptors (Lipinski definition) is 1. The highest BCUT2D eigenvalue weighted by molar-refractivity contribution is 9.10. The lowest BCUT2D eigenvalue weighted by Gasteiger charge is -2.18. The molecule has 2 aromatic carbocycles. The van der Waals surface area contributed by atoms with Gasteiger partial charge in [0.25, 0.3) is 0 Å². The van der Waals surface area contributed by atoms with Crippen molar-refractivity contribution in [1.82, 2.24) is 0 Å². The molecule has 0 aromatic heterocycles. The van der Waals surface area contributed by atoms with Crippen LogP contribution in [0.5, 0.6) is 0 Å². The zero-order chi connectivity index (χ0) is 14.0. The first-order valence-corrected chi connectivity index (χ1v) is 6.75. The number of halogens is 3. The number of hydrogen-bond donors (Lipinski definition) is 1. The number of nitrogens with one attached hydrogen (secondary N) is 1. The van der Waals surface area contributed by atoms with Gasteiger partial charge < -0.3 is 5.32 Å². The summed E-state index contributed by atoms with van der Waals surface area (Å²) in [6.45, 7) is 3.62. The molecule has 1 nitrogen and oxygen atoms in total. The summed E-state index contributed by atoms with van der Waals surface area (Å²) >= 11 is 3.31. The molecule has 0 saturated heterocycles. The van der Waals surface area contributed by atoms with Crippen LogP contribution in [0.1, 0.15) is 24.1 Å². The van der Waals surface area contributed by atoms with Crippen LogP contribution < -0.4 is 5.32 Å². The van der Waals surface area contributed by atoms with Crippen LogP contribution in [0, 0.1) is 18.6 Å². The van der Waals surface area contributed by atoms with Crippen molar-refractivity contribution in [3.8, 4) is 0 Å². The van der Waals surface area contributed by atoms with E-state index in [1.54, 1.807) is 25.1 Å². The predicted octanol–water partition coefficient (Wildman–Crippen LogP) is 5.21. The molecule has 0 bridgehead atoms. The summed E-state index contributed by atoms with van der Waals surface area (Å²) in [6, 6.07) is 9.26. The second-order valence-corrected chi connectivity index (χ2v) is 5.38. The maximum Gasteiger partial charge on any atom is 0.146 e. The van der Waals surface area contributed by atoms with Crippen molar-refractivity contribution in [2.45, 2.75) is 19.9 Å². The Morgan fingerprint density at radius 1 is 1.11 bits per heavy atom. The fourth-order valence-electron chi connectivity index (χ4n) is 1.96. The molecule has 2 aromatic rings. The molecule has 1 unspecified atom stereocenters. The standard InChI is InChI=1S/C15H14BrF2N/c1-9-4-3-5-14(18)15(9)19-10(2)12-8-11(16)6-7-13(12)17/h3-8,10,19H,1-2H3. The number of aryl methyl sites for hydroxylation is 1. The van der Waals surface area contributed by atoms with E-state index in [2.05, 4.69) is 21.2 Å². The monoisotopic (exact) mass is 325 g/mol. The van der Waals surface area contributed by atoms with E-state index in [4.69, 9.17) is 0 Å². The first kappa shape index (κ1) is 14.0. The average Bonchev–Trinajstić information content (AvgIpc) is 2.37. The number of para-hydroxylation sites is 1. The Morgan fingerprint density at radius 2 is 1.84 bits per heavy atom. The summed E-state index contributed by atoms with van der Waals surface area (Å²) in [5, 5.41) is 3.03. The summed E-state index contributed by atoms with van der Waals surface area (Å²) in [6.07, 6.45) is 0. The van der Waals surface area contributed by atoms with Gasteiger partial charge in [-0.05, 0) is 43.7 Å². The summed E-state index contributed by atoms with van der Waals surface area (Å²) in [4.78, 5) is 0. The number of benzene rings is 2. The van der Waals surface area contributed by atoms with Crippen LogP contribution in [0.15, 0.2) is 40.9 Å². The molecular formula is C15H14BrF2N. The molecule has 0 aliphatic heterocycles. The minimum absolute atomic E-state index is 0.308. The van der Waals surface area contributed by atoms with Crippen molar-refractivity contribution in [2.75, 3.05) is 5.32 Å². The lowest BCUT2D eigenvalue weighted by Crippen LogP contribution is -2.11. The molecule has 100 valence electrons. The molecular weight excluding hydrogens is 312 g/mol. The van der Waals surface area contributed by atoms with E-state index in [-0.39, 0.29) is 17.7 Å². The smallest absolute Gasteiger partial charge is 0.146 e. The Morgan fingerprint density at radius 3 is 2.53 bits per heavy atom. The molecule has 1 atom stereocenters. The van der Waals surface area contributed by atoms with Crippen molar-refractivity contribution >= 4 is 21.6 Å². The maximum absolute atomic E-state index is 13.8. The third-order valence-corrected chi connectivity index (χ3v) is 3.50. The SMILES string of the molecule is Cc1cccc(F)c1NC(C)c1cc(Br)ccc1F. The van der Waals surface area contributed by atoms with Gasteiger partial charge >= 0.3 is 0 Å². The highest BCUT2D eigenvalue weighted by atomic mass is 79.9. The Kier molecular flexibility index (Phi) is 4.20. The van der Waals surface area contributed by atoms with Crippen LogP contribution in [-0.4, -0.2) is 0 Å². The van der Waals surface area contributed by atoms with Gasteiger partial charge in [0.05, 0.1) is 11.7 Å². The Labute approximate surface area is 119 Å². The molecule has 0 aliphatic rings. The van der Waals surface area contributed by atoms with Crippen molar-refractivity contribution in [2.24, 2.45) is 0 Å². The van der Waals surface area contributed by atoms with Crippen LogP contribution >= 0.6 is 15.9 Å². The van der Waals surface area contributed by atoms with E-state index >= 15 is 0 Å². The molecule has 0 spiro atoms. The molecule has 2 rings (SSSR count). The predicted molar refractivity (Wildman–Crippen MR) is 77.3 cm³/mol. The molecule has 0 saturated carbocycles. The minimum atomic E-state index is -0.331. The molecule has 0 fully saturated rings. The lowest BCUT2D eigenvalue weighted by atomic mass is 10.1. The van der Waals surface area contributed by atoms with Gasteiger partial charge in [0.15, 0.2) is 0 Å². The van der Waals surface area contributed by atoms with E-state index in [9.17, 15) is 8.78 Å². The molecule has 0 heterocycles. The Bertz CT molecular complexity index is 578.